The van der Waals surface area contributed by atoms with E-state index in [1.165, 1.54) is 0 Å². The standard InChI is InChI=1S/C26H34ClN3O4/c1-14-11-15(2)29-25(32)20(14)13-28-24(31)19-12-21(27)23-22(16(19)3)33-26(4,34-23)17-7-9-18(10-8-17)30(5)6/h11-12,17-18H,7-10,13H2,1-6H3,(H,28,31)(H,29,32)/t17-,18-,26-/m1/s1. The number of aromatic nitrogens is 1. The maximum Gasteiger partial charge on any atom is 0.253 e. The van der Waals surface area contributed by atoms with Crippen LogP contribution in [-0.2, 0) is 6.54 Å². The van der Waals surface area contributed by atoms with Gasteiger partial charge in [0.25, 0.3) is 17.3 Å². The van der Waals surface area contributed by atoms with Gasteiger partial charge in [0.2, 0.25) is 0 Å². The van der Waals surface area contributed by atoms with Crippen molar-refractivity contribution < 1.29 is 14.3 Å². The molecular formula is C26H34ClN3O4. The summed E-state index contributed by atoms with van der Waals surface area (Å²) in [5.74, 6) is 0.137. The average molecular weight is 488 g/mol. The molecule has 0 saturated heterocycles. The zero-order valence-corrected chi connectivity index (χ0v) is 21.6. The molecule has 34 heavy (non-hydrogen) atoms. The van der Waals surface area contributed by atoms with E-state index in [2.05, 4.69) is 29.3 Å². The number of nitrogens with zero attached hydrogens (tertiary/aromatic N) is 1. The summed E-state index contributed by atoms with van der Waals surface area (Å²) < 4.78 is 12.7. The second-order valence-electron chi connectivity index (χ2n) is 10.0. The first kappa shape index (κ1) is 24.6. The van der Waals surface area contributed by atoms with E-state index >= 15 is 0 Å². The van der Waals surface area contributed by atoms with Gasteiger partial charge in [-0.1, -0.05) is 11.6 Å². The summed E-state index contributed by atoms with van der Waals surface area (Å²) >= 11 is 6.56. The zero-order chi connectivity index (χ0) is 24.8. The first-order valence-corrected chi connectivity index (χ1v) is 12.2. The van der Waals surface area contributed by atoms with Crippen LogP contribution >= 0.6 is 11.6 Å². The molecule has 4 rings (SSSR count). The highest BCUT2D eigenvalue weighted by molar-refractivity contribution is 6.33. The number of pyridine rings is 1. The Morgan fingerprint density at radius 2 is 1.79 bits per heavy atom. The fourth-order valence-corrected chi connectivity index (χ4v) is 5.46. The van der Waals surface area contributed by atoms with Crippen LogP contribution in [0.3, 0.4) is 0 Å². The van der Waals surface area contributed by atoms with E-state index in [1.807, 2.05) is 33.8 Å². The number of carbonyl (C=O) groups excluding carboxylic acids is 1. The van der Waals surface area contributed by atoms with Gasteiger partial charge >= 0.3 is 0 Å². The number of hydrogen-bond acceptors (Lipinski definition) is 5. The van der Waals surface area contributed by atoms with Crippen molar-refractivity contribution in [2.45, 2.75) is 71.8 Å². The van der Waals surface area contributed by atoms with Crippen molar-refractivity contribution in [2.75, 3.05) is 14.1 Å². The van der Waals surface area contributed by atoms with Gasteiger partial charge < -0.3 is 24.7 Å². The molecule has 1 aromatic carbocycles. The first-order valence-electron chi connectivity index (χ1n) is 11.8. The van der Waals surface area contributed by atoms with Gasteiger partial charge in [0.05, 0.1) is 5.02 Å². The Morgan fingerprint density at radius 1 is 1.15 bits per heavy atom. The van der Waals surface area contributed by atoms with Crippen LogP contribution in [-0.4, -0.2) is 41.7 Å². The highest BCUT2D eigenvalue weighted by atomic mass is 35.5. The van der Waals surface area contributed by atoms with Gasteiger partial charge in [-0.25, -0.2) is 0 Å². The molecule has 0 bridgehead atoms. The highest BCUT2D eigenvalue weighted by Crippen LogP contribution is 2.51. The van der Waals surface area contributed by atoms with Gasteiger partial charge in [0.1, 0.15) is 0 Å². The van der Waals surface area contributed by atoms with Crippen molar-refractivity contribution >= 4 is 17.5 Å². The van der Waals surface area contributed by atoms with E-state index in [-0.39, 0.29) is 23.9 Å². The van der Waals surface area contributed by atoms with Gasteiger partial charge in [0, 0.05) is 47.8 Å². The fourth-order valence-electron chi connectivity index (χ4n) is 5.23. The Morgan fingerprint density at radius 3 is 2.41 bits per heavy atom. The predicted molar refractivity (Wildman–Crippen MR) is 133 cm³/mol. The molecule has 1 atom stereocenters. The fraction of sp³-hybridized carbons (Fsp3) is 0.538. The van der Waals surface area contributed by atoms with Gasteiger partial charge in [-0.2, -0.15) is 0 Å². The molecule has 2 aromatic rings. The quantitative estimate of drug-likeness (QED) is 0.649. The molecule has 8 heteroatoms. The topological polar surface area (TPSA) is 83.7 Å². The molecule has 1 amide bonds. The minimum Gasteiger partial charge on any atom is -0.448 e. The lowest BCUT2D eigenvalue weighted by molar-refractivity contribution is -0.123. The van der Waals surface area contributed by atoms with Gasteiger partial charge in [0.15, 0.2) is 11.5 Å². The molecule has 1 aromatic heterocycles. The van der Waals surface area contributed by atoms with E-state index in [4.69, 9.17) is 21.1 Å². The number of aromatic amines is 1. The molecule has 184 valence electrons. The van der Waals surface area contributed by atoms with Crippen molar-refractivity contribution in [2.24, 2.45) is 5.92 Å². The van der Waals surface area contributed by atoms with Gasteiger partial charge in [-0.05, 0) is 78.2 Å². The molecule has 1 aliphatic carbocycles. The Labute approximate surface area is 205 Å². The average Bonchev–Trinajstić information content (AvgIpc) is 3.15. The smallest absolute Gasteiger partial charge is 0.253 e. The number of fused-ring (bicyclic) bond motifs is 1. The van der Waals surface area contributed by atoms with Crippen LogP contribution in [0.5, 0.6) is 11.5 Å². The molecule has 2 aliphatic rings. The third kappa shape index (κ3) is 4.56. The summed E-state index contributed by atoms with van der Waals surface area (Å²) in [5, 5.41) is 3.20. The molecule has 1 fully saturated rings. The number of nitrogens with one attached hydrogen (secondary N) is 2. The van der Waals surface area contributed by atoms with E-state index in [0.717, 1.165) is 36.9 Å². The number of ether oxygens (including phenoxy) is 2. The number of aryl methyl sites for hydroxylation is 2. The lowest BCUT2D eigenvalue weighted by atomic mass is 9.81. The van der Waals surface area contributed by atoms with Crippen molar-refractivity contribution in [3.63, 3.8) is 0 Å². The molecule has 0 radical (unpaired) electrons. The van der Waals surface area contributed by atoms with Crippen LogP contribution in [0.4, 0.5) is 0 Å². The highest BCUT2D eigenvalue weighted by Gasteiger charge is 2.47. The van der Waals surface area contributed by atoms with E-state index in [1.54, 1.807) is 6.07 Å². The number of halogens is 1. The lowest BCUT2D eigenvalue weighted by Gasteiger charge is -2.39. The summed E-state index contributed by atoms with van der Waals surface area (Å²) in [6, 6.07) is 4.09. The van der Waals surface area contributed by atoms with Crippen molar-refractivity contribution in [1.29, 1.82) is 0 Å². The van der Waals surface area contributed by atoms with Crippen molar-refractivity contribution in [1.82, 2.24) is 15.2 Å². The minimum atomic E-state index is -0.810. The lowest BCUT2D eigenvalue weighted by Crippen LogP contribution is -2.46. The third-order valence-corrected chi connectivity index (χ3v) is 7.66. The van der Waals surface area contributed by atoms with Crippen LogP contribution in [0.25, 0.3) is 0 Å². The Hall–Kier alpha value is -2.51. The summed E-state index contributed by atoms with van der Waals surface area (Å²) in [6.07, 6.45) is 4.19. The number of H-pyrrole nitrogens is 1. The number of rotatable bonds is 5. The van der Waals surface area contributed by atoms with E-state index < -0.39 is 5.79 Å². The summed E-state index contributed by atoms with van der Waals surface area (Å²) in [6.45, 7) is 7.62. The van der Waals surface area contributed by atoms with Crippen molar-refractivity contribution in [3.05, 3.63) is 55.5 Å². The van der Waals surface area contributed by atoms with E-state index in [9.17, 15) is 9.59 Å². The Bertz CT molecular complexity index is 1170. The molecule has 0 spiro atoms. The third-order valence-electron chi connectivity index (χ3n) is 7.38. The van der Waals surface area contributed by atoms with Crippen LogP contribution in [0, 0.1) is 26.7 Å². The monoisotopic (exact) mass is 487 g/mol. The predicted octanol–water partition coefficient (Wildman–Crippen LogP) is 4.49. The Kier molecular flexibility index (Phi) is 6.71. The Balaban J connectivity index is 1.52. The maximum atomic E-state index is 13.1. The molecule has 0 unspecified atom stereocenters. The molecular weight excluding hydrogens is 454 g/mol. The normalized spacial score (nSPS) is 23.9. The molecule has 1 aliphatic heterocycles. The largest absolute Gasteiger partial charge is 0.448 e. The van der Waals surface area contributed by atoms with Crippen LogP contribution in [0.15, 0.2) is 16.9 Å². The van der Waals surface area contributed by atoms with Crippen LogP contribution in [0.2, 0.25) is 5.02 Å². The van der Waals surface area contributed by atoms with Gasteiger partial charge in [-0.3, -0.25) is 9.59 Å². The summed E-state index contributed by atoms with van der Waals surface area (Å²) in [5.41, 5.74) is 3.05. The SMILES string of the molecule is Cc1cc(C)c(CNC(=O)c2cc(Cl)c3c(c2C)O[C@@](C)([C@H]2CC[C@H](N(C)C)CC2)O3)c(=O)[nH]1. The number of hydrogen-bond donors (Lipinski definition) is 2. The molecule has 7 nitrogen and oxygen atoms in total. The maximum absolute atomic E-state index is 13.1. The molecule has 1 saturated carbocycles. The second kappa shape index (κ2) is 9.27. The number of amides is 1. The number of benzene rings is 1. The van der Waals surface area contributed by atoms with Crippen molar-refractivity contribution in [3.8, 4) is 11.5 Å². The van der Waals surface area contributed by atoms with Gasteiger partial charge in [-0.15, -0.1) is 0 Å². The minimum absolute atomic E-state index is 0.124. The second-order valence-corrected chi connectivity index (χ2v) is 10.4. The first-order chi connectivity index (χ1) is 16.0. The summed E-state index contributed by atoms with van der Waals surface area (Å²) in [4.78, 5) is 30.4. The number of carbonyl (C=O) groups is 1. The molecule has 2 N–H and O–H groups in total. The zero-order valence-electron chi connectivity index (χ0n) is 20.8. The summed E-state index contributed by atoms with van der Waals surface area (Å²) in [7, 11) is 4.24. The molecule has 2 heterocycles. The van der Waals surface area contributed by atoms with Crippen LogP contribution < -0.4 is 20.3 Å². The van der Waals surface area contributed by atoms with E-state index in [0.29, 0.717) is 39.3 Å². The van der Waals surface area contributed by atoms with Crippen LogP contribution in [0.1, 0.15) is 65.3 Å².